The van der Waals surface area contributed by atoms with E-state index in [0.717, 1.165) is 0 Å². The molecule has 0 amide bonds. The highest BCUT2D eigenvalue weighted by atomic mass is 35.7. The van der Waals surface area contributed by atoms with Gasteiger partial charge in [-0.25, -0.2) is 21.6 Å². The van der Waals surface area contributed by atoms with Gasteiger partial charge in [0, 0.05) is 16.2 Å². The van der Waals surface area contributed by atoms with Crippen molar-refractivity contribution < 1.29 is 21.6 Å². The Bertz CT molecular complexity index is 765. The fourth-order valence-electron chi connectivity index (χ4n) is 1.81. The van der Waals surface area contributed by atoms with Crippen LogP contribution in [0, 0.1) is 0 Å². The van der Waals surface area contributed by atoms with Crippen LogP contribution in [0.25, 0.3) is 0 Å². The highest BCUT2D eigenvalue weighted by Crippen LogP contribution is 2.35. The van der Waals surface area contributed by atoms with Gasteiger partial charge in [-0.15, -0.1) is 0 Å². The number of hydrogen-bond donors (Lipinski definition) is 1. The minimum atomic E-state index is -3.88. The summed E-state index contributed by atoms with van der Waals surface area (Å²) in [7, 11) is -2.16. The molecule has 0 radical (unpaired) electrons. The van der Waals surface area contributed by atoms with Gasteiger partial charge in [0.1, 0.15) is 12.4 Å². The van der Waals surface area contributed by atoms with Gasteiger partial charge in [0.15, 0.2) is 0 Å². The standard InChI is InChI=1S/C12H16ClNO5S2/c1-12(2,3)21(17,18)14-10-7-19-11-5-4-8(6-9(10)11)20(13,15)16/h4-6,10,14H,7H2,1-3H3. The molecule has 1 aromatic carbocycles. The molecule has 1 atom stereocenters. The number of halogens is 1. The predicted molar refractivity (Wildman–Crippen MR) is 79.5 cm³/mol. The molecule has 2 rings (SSSR count). The van der Waals surface area contributed by atoms with Crippen LogP contribution in [0.3, 0.4) is 0 Å². The van der Waals surface area contributed by atoms with E-state index in [4.69, 9.17) is 15.4 Å². The molecule has 0 fully saturated rings. The third kappa shape index (κ3) is 3.33. The quantitative estimate of drug-likeness (QED) is 0.836. The Morgan fingerprint density at radius 3 is 2.38 bits per heavy atom. The Balaban J connectivity index is 2.39. The van der Waals surface area contributed by atoms with E-state index in [1.165, 1.54) is 18.2 Å². The molecule has 9 heteroatoms. The Labute approximate surface area is 128 Å². The molecule has 0 aromatic heterocycles. The van der Waals surface area contributed by atoms with E-state index in [-0.39, 0.29) is 11.5 Å². The highest BCUT2D eigenvalue weighted by molar-refractivity contribution is 8.13. The molecular formula is C12H16ClNO5S2. The van der Waals surface area contributed by atoms with E-state index in [2.05, 4.69) is 4.72 Å². The molecule has 1 aliphatic heterocycles. The van der Waals surface area contributed by atoms with Crippen LogP contribution in [0.2, 0.25) is 0 Å². The molecule has 21 heavy (non-hydrogen) atoms. The van der Waals surface area contributed by atoms with Crippen molar-refractivity contribution in [3.63, 3.8) is 0 Å². The monoisotopic (exact) mass is 353 g/mol. The molecule has 118 valence electrons. The average molecular weight is 354 g/mol. The van der Waals surface area contributed by atoms with Crippen LogP contribution in [-0.2, 0) is 19.1 Å². The van der Waals surface area contributed by atoms with Crippen molar-refractivity contribution in [1.29, 1.82) is 0 Å². The summed E-state index contributed by atoms with van der Waals surface area (Å²) < 4.78 is 54.0. The second-order valence-corrected chi connectivity index (χ2v) is 10.8. The van der Waals surface area contributed by atoms with Crippen molar-refractivity contribution in [2.75, 3.05) is 6.61 Å². The normalized spacial score (nSPS) is 19.1. The summed E-state index contributed by atoms with van der Waals surface area (Å²) >= 11 is 0. The Kier molecular flexibility index (Phi) is 4.03. The molecule has 1 aliphatic rings. The van der Waals surface area contributed by atoms with Gasteiger partial charge in [-0.2, -0.15) is 0 Å². The van der Waals surface area contributed by atoms with Crippen molar-refractivity contribution in [1.82, 2.24) is 4.72 Å². The molecule has 0 spiro atoms. The second kappa shape index (κ2) is 5.12. The van der Waals surface area contributed by atoms with E-state index in [1.807, 2.05) is 0 Å². The maximum Gasteiger partial charge on any atom is 0.261 e. The SMILES string of the molecule is CC(C)(C)S(=O)(=O)NC1COc2ccc(S(=O)(=O)Cl)cc21. The van der Waals surface area contributed by atoms with Crippen LogP contribution in [0.4, 0.5) is 0 Å². The van der Waals surface area contributed by atoms with E-state index < -0.39 is 29.9 Å². The number of fused-ring (bicyclic) bond motifs is 1. The van der Waals surface area contributed by atoms with Crippen molar-refractivity contribution >= 4 is 29.8 Å². The molecule has 1 aromatic rings. The van der Waals surface area contributed by atoms with Crippen LogP contribution in [0.15, 0.2) is 23.1 Å². The highest BCUT2D eigenvalue weighted by Gasteiger charge is 2.35. The zero-order chi connectivity index (χ0) is 16.1. The predicted octanol–water partition coefficient (Wildman–Crippen LogP) is 1.77. The zero-order valence-corrected chi connectivity index (χ0v) is 14.1. The Hall–Kier alpha value is -0.830. The zero-order valence-electron chi connectivity index (χ0n) is 11.8. The lowest BCUT2D eigenvalue weighted by atomic mass is 10.1. The summed E-state index contributed by atoms with van der Waals surface area (Å²) in [5.74, 6) is 0.445. The summed E-state index contributed by atoms with van der Waals surface area (Å²) in [6, 6.07) is 3.49. The minimum Gasteiger partial charge on any atom is -0.491 e. The molecule has 1 heterocycles. The second-order valence-electron chi connectivity index (χ2n) is 5.73. The summed E-state index contributed by atoms with van der Waals surface area (Å²) in [4.78, 5) is -0.0895. The summed E-state index contributed by atoms with van der Waals surface area (Å²) in [5.41, 5.74) is 0.463. The Morgan fingerprint density at radius 1 is 1.24 bits per heavy atom. The van der Waals surface area contributed by atoms with E-state index in [9.17, 15) is 16.8 Å². The lowest BCUT2D eigenvalue weighted by molar-refractivity contribution is 0.324. The lowest BCUT2D eigenvalue weighted by Gasteiger charge is -2.22. The van der Waals surface area contributed by atoms with Gasteiger partial charge in [0.05, 0.1) is 15.7 Å². The van der Waals surface area contributed by atoms with E-state index in [0.29, 0.717) is 11.3 Å². The number of rotatable bonds is 3. The van der Waals surface area contributed by atoms with E-state index >= 15 is 0 Å². The van der Waals surface area contributed by atoms with Gasteiger partial charge < -0.3 is 4.74 Å². The van der Waals surface area contributed by atoms with Crippen LogP contribution < -0.4 is 9.46 Å². The van der Waals surface area contributed by atoms with Crippen LogP contribution in [0.5, 0.6) is 5.75 Å². The summed E-state index contributed by atoms with van der Waals surface area (Å²) in [5, 5.41) is 0. The first-order valence-electron chi connectivity index (χ1n) is 6.15. The smallest absolute Gasteiger partial charge is 0.261 e. The molecule has 0 aliphatic carbocycles. The van der Waals surface area contributed by atoms with Crippen LogP contribution in [0.1, 0.15) is 32.4 Å². The third-order valence-corrected chi connectivity index (χ3v) is 6.71. The first-order valence-corrected chi connectivity index (χ1v) is 9.94. The van der Waals surface area contributed by atoms with Gasteiger partial charge in [-0.05, 0) is 39.0 Å². The topological polar surface area (TPSA) is 89.5 Å². The first kappa shape index (κ1) is 16.5. The maximum atomic E-state index is 12.2. The maximum absolute atomic E-state index is 12.2. The van der Waals surface area contributed by atoms with Gasteiger partial charge in [0.25, 0.3) is 9.05 Å². The Morgan fingerprint density at radius 2 is 1.86 bits per heavy atom. The van der Waals surface area contributed by atoms with Gasteiger partial charge in [0.2, 0.25) is 10.0 Å². The first-order chi connectivity index (χ1) is 9.42. The minimum absolute atomic E-state index is 0.0895. The number of nitrogens with one attached hydrogen (secondary N) is 1. The fraction of sp³-hybridized carbons (Fsp3) is 0.500. The number of sulfonamides is 1. The van der Waals surface area contributed by atoms with Crippen LogP contribution >= 0.6 is 10.7 Å². The van der Waals surface area contributed by atoms with Crippen molar-refractivity contribution in [3.8, 4) is 5.75 Å². The lowest BCUT2D eigenvalue weighted by Crippen LogP contribution is -2.41. The molecule has 1 N–H and O–H groups in total. The van der Waals surface area contributed by atoms with Gasteiger partial charge in [-0.1, -0.05) is 0 Å². The number of ether oxygens (including phenoxy) is 1. The fourth-order valence-corrected chi connectivity index (χ4v) is 3.52. The molecule has 1 unspecified atom stereocenters. The van der Waals surface area contributed by atoms with Gasteiger partial charge >= 0.3 is 0 Å². The summed E-state index contributed by atoms with van der Waals surface area (Å²) in [6.45, 7) is 4.83. The largest absolute Gasteiger partial charge is 0.491 e. The number of benzene rings is 1. The average Bonchev–Trinajstić information content (AvgIpc) is 2.68. The molecular weight excluding hydrogens is 338 g/mol. The molecule has 6 nitrogen and oxygen atoms in total. The molecule has 0 saturated heterocycles. The van der Waals surface area contributed by atoms with E-state index in [1.54, 1.807) is 20.8 Å². The number of hydrogen-bond acceptors (Lipinski definition) is 5. The van der Waals surface area contributed by atoms with Crippen LogP contribution in [-0.4, -0.2) is 28.2 Å². The molecule has 0 saturated carbocycles. The van der Waals surface area contributed by atoms with Gasteiger partial charge in [-0.3, -0.25) is 0 Å². The van der Waals surface area contributed by atoms with Crippen molar-refractivity contribution in [2.45, 2.75) is 36.5 Å². The van der Waals surface area contributed by atoms with Crippen molar-refractivity contribution in [3.05, 3.63) is 23.8 Å². The summed E-state index contributed by atoms with van der Waals surface area (Å²) in [6.07, 6.45) is 0. The third-order valence-electron chi connectivity index (χ3n) is 3.15. The van der Waals surface area contributed by atoms with Crippen molar-refractivity contribution in [2.24, 2.45) is 0 Å². The molecule has 0 bridgehead atoms.